The predicted molar refractivity (Wildman–Crippen MR) is 142 cm³/mol. The monoisotopic (exact) mass is 515 g/mol. The molecule has 0 saturated carbocycles. The highest BCUT2D eigenvalue weighted by Gasteiger charge is 2.20. The first kappa shape index (κ1) is 26.3. The Morgan fingerprint density at radius 3 is 2.55 bits per heavy atom. The van der Waals surface area contributed by atoms with Crippen LogP contribution in [0.25, 0.3) is 16.9 Å². The summed E-state index contributed by atoms with van der Waals surface area (Å²) in [6.45, 7) is 7.23. The second-order valence-corrected chi connectivity index (χ2v) is 9.80. The number of carboxylic acids is 1. The highest BCUT2D eigenvalue weighted by molar-refractivity contribution is 6.08. The van der Waals surface area contributed by atoms with E-state index in [0.717, 1.165) is 5.56 Å². The van der Waals surface area contributed by atoms with E-state index in [1.807, 2.05) is 31.2 Å². The van der Waals surface area contributed by atoms with Crippen LogP contribution in [0.15, 0.2) is 66.9 Å². The van der Waals surface area contributed by atoms with Gasteiger partial charge < -0.3 is 20.5 Å². The molecule has 2 aromatic carbocycles. The van der Waals surface area contributed by atoms with Gasteiger partial charge in [-0.25, -0.2) is 14.3 Å². The number of benzene rings is 2. The summed E-state index contributed by atoms with van der Waals surface area (Å²) in [5.74, 6) is -1.18. The number of ether oxygens (including phenoxy) is 1. The van der Waals surface area contributed by atoms with Crippen molar-refractivity contribution in [1.82, 2.24) is 19.9 Å². The Morgan fingerprint density at radius 2 is 1.82 bits per heavy atom. The Hall–Kier alpha value is -4.73. The van der Waals surface area contributed by atoms with Crippen molar-refractivity contribution in [1.29, 1.82) is 0 Å². The number of aromatic nitrogens is 3. The van der Waals surface area contributed by atoms with E-state index in [4.69, 9.17) is 4.74 Å². The Morgan fingerprint density at radius 1 is 1.05 bits per heavy atom. The van der Waals surface area contributed by atoms with E-state index in [9.17, 15) is 19.5 Å². The van der Waals surface area contributed by atoms with E-state index in [-0.39, 0.29) is 18.2 Å². The molecule has 0 aliphatic rings. The van der Waals surface area contributed by atoms with Gasteiger partial charge in [-0.3, -0.25) is 9.59 Å². The van der Waals surface area contributed by atoms with Gasteiger partial charge in [0.25, 0.3) is 5.91 Å². The molecule has 0 aliphatic heterocycles. The zero-order valence-corrected chi connectivity index (χ0v) is 21.6. The normalized spacial score (nSPS) is 12.1. The average molecular weight is 516 g/mol. The summed E-state index contributed by atoms with van der Waals surface area (Å²) in [6, 6.07) is 17.2. The molecule has 2 aromatic heterocycles. The molecule has 38 heavy (non-hydrogen) atoms. The third-order valence-electron chi connectivity index (χ3n) is 5.59. The molecule has 1 unspecified atom stereocenters. The van der Waals surface area contributed by atoms with E-state index in [2.05, 4.69) is 20.7 Å². The van der Waals surface area contributed by atoms with Gasteiger partial charge in [-0.15, -0.1) is 5.10 Å². The van der Waals surface area contributed by atoms with Gasteiger partial charge in [-0.05, 0) is 63.1 Å². The molecule has 0 fully saturated rings. The predicted octanol–water partition coefficient (Wildman–Crippen LogP) is 4.86. The summed E-state index contributed by atoms with van der Waals surface area (Å²) in [5.41, 5.74) is 2.35. The standard InChI is InChI=1S/C28H29N5O5/c1-17(29-27(37)38-28(2,3)4)18-10-7-11-20(15-18)25-31-24(22-13-8-14-33(22)32-25)26(36)30-21-12-6-5-9-19(21)16-23(34)35/h5-15,17H,16H2,1-4H3,(H,29,37)(H,30,36)(H,34,35). The van der Waals surface area contributed by atoms with Crippen LogP contribution in [0.3, 0.4) is 0 Å². The number of aliphatic carboxylic acids is 1. The van der Waals surface area contributed by atoms with Gasteiger partial charge in [0.15, 0.2) is 11.5 Å². The van der Waals surface area contributed by atoms with E-state index >= 15 is 0 Å². The van der Waals surface area contributed by atoms with Crippen molar-refractivity contribution in [3.05, 3.63) is 83.7 Å². The Kier molecular flexibility index (Phi) is 7.43. The number of nitrogens with one attached hydrogen (secondary N) is 2. The van der Waals surface area contributed by atoms with Crippen molar-refractivity contribution in [2.24, 2.45) is 0 Å². The molecule has 0 spiro atoms. The average Bonchev–Trinajstić information content (AvgIpc) is 3.32. The molecule has 10 heteroatoms. The minimum atomic E-state index is -1.000. The fraction of sp³-hybridized carbons (Fsp3) is 0.250. The fourth-order valence-corrected chi connectivity index (χ4v) is 3.88. The minimum Gasteiger partial charge on any atom is -0.481 e. The topological polar surface area (TPSA) is 135 Å². The molecule has 196 valence electrons. The number of nitrogens with zero attached hydrogens (tertiary/aromatic N) is 3. The molecule has 0 bridgehead atoms. The molecule has 10 nitrogen and oxygen atoms in total. The summed E-state index contributed by atoms with van der Waals surface area (Å²) >= 11 is 0. The van der Waals surface area contributed by atoms with Crippen LogP contribution < -0.4 is 10.6 Å². The smallest absolute Gasteiger partial charge is 0.408 e. The highest BCUT2D eigenvalue weighted by Crippen LogP contribution is 2.24. The summed E-state index contributed by atoms with van der Waals surface area (Å²) < 4.78 is 6.91. The molecule has 3 N–H and O–H groups in total. The minimum absolute atomic E-state index is 0.135. The first-order chi connectivity index (χ1) is 18.0. The maximum atomic E-state index is 13.3. The van der Waals surface area contributed by atoms with Gasteiger partial charge in [-0.1, -0.05) is 36.4 Å². The molecule has 2 amide bonds. The van der Waals surface area contributed by atoms with Crippen LogP contribution in [0.1, 0.15) is 55.4 Å². The number of para-hydroxylation sites is 1. The van der Waals surface area contributed by atoms with Gasteiger partial charge in [0.05, 0.1) is 18.0 Å². The lowest BCUT2D eigenvalue weighted by Gasteiger charge is -2.22. The van der Waals surface area contributed by atoms with E-state index < -0.39 is 23.6 Å². The second kappa shape index (κ2) is 10.7. The molecule has 0 aliphatic carbocycles. The third kappa shape index (κ3) is 6.33. The number of hydrogen-bond donors (Lipinski definition) is 3. The molecule has 2 heterocycles. The number of alkyl carbamates (subject to hydrolysis) is 1. The summed E-state index contributed by atoms with van der Waals surface area (Å²) in [6.07, 6.45) is 0.961. The van der Waals surface area contributed by atoms with Gasteiger partial charge in [0, 0.05) is 17.4 Å². The Balaban J connectivity index is 1.64. The molecule has 0 saturated heterocycles. The molecule has 4 rings (SSSR count). The summed E-state index contributed by atoms with van der Waals surface area (Å²) in [7, 11) is 0. The van der Waals surface area contributed by atoms with Crippen LogP contribution in [-0.2, 0) is 16.0 Å². The maximum Gasteiger partial charge on any atom is 0.408 e. The lowest BCUT2D eigenvalue weighted by atomic mass is 10.0. The number of rotatable bonds is 7. The van der Waals surface area contributed by atoms with Crippen LogP contribution in [0.5, 0.6) is 0 Å². The first-order valence-electron chi connectivity index (χ1n) is 12.1. The number of anilines is 1. The largest absolute Gasteiger partial charge is 0.481 e. The number of carboxylic acid groups (broad SMARTS) is 1. The van der Waals surface area contributed by atoms with Crippen LogP contribution in [-0.4, -0.2) is 43.3 Å². The third-order valence-corrected chi connectivity index (χ3v) is 5.59. The van der Waals surface area contributed by atoms with Crippen LogP contribution >= 0.6 is 0 Å². The number of carbonyl (C=O) groups excluding carboxylic acids is 2. The molecule has 4 aromatic rings. The number of amides is 2. The SMILES string of the molecule is CC(NC(=O)OC(C)(C)C)c1cccc(-c2nc(C(=O)Nc3ccccc3CC(=O)O)c3cccn3n2)c1. The van der Waals surface area contributed by atoms with Crippen molar-refractivity contribution in [3.8, 4) is 11.4 Å². The maximum absolute atomic E-state index is 13.3. The van der Waals surface area contributed by atoms with Gasteiger partial charge >= 0.3 is 12.1 Å². The molecule has 0 radical (unpaired) electrons. The van der Waals surface area contributed by atoms with Gasteiger partial charge in [-0.2, -0.15) is 0 Å². The zero-order valence-electron chi connectivity index (χ0n) is 21.6. The summed E-state index contributed by atoms with van der Waals surface area (Å²) in [5, 5.41) is 19.4. The van der Waals surface area contributed by atoms with Crippen molar-refractivity contribution in [2.45, 2.75) is 45.8 Å². The van der Waals surface area contributed by atoms with Crippen molar-refractivity contribution < 1.29 is 24.2 Å². The Labute approximate surface area is 219 Å². The quantitative estimate of drug-likeness (QED) is 0.320. The van der Waals surface area contributed by atoms with E-state index in [1.54, 1.807) is 67.9 Å². The highest BCUT2D eigenvalue weighted by atomic mass is 16.6. The summed E-state index contributed by atoms with van der Waals surface area (Å²) in [4.78, 5) is 41.4. The second-order valence-electron chi connectivity index (χ2n) is 9.80. The lowest BCUT2D eigenvalue weighted by molar-refractivity contribution is -0.136. The lowest BCUT2D eigenvalue weighted by Crippen LogP contribution is -2.34. The number of carbonyl (C=O) groups is 3. The van der Waals surface area contributed by atoms with Crippen LogP contribution in [0, 0.1) is 0 Å². The van der Waals surface area contributed by atoms with Crippen molar-refractivity contribution in [2.75, 3.05) is 5.32 Å². The van der Waals surface area contributed by atoms with Crippen molar-refractivity contribution >= 4 is 29.2 Å². The molecule has 1 atom stereocenters. The fourth-order valence-electron chi connectivity index (χ4n) is 3.88. The molecular formula is C28H29N5O5. The Bertz CT molecular complexity index is 1510. The van der Waals surface area contributed by atoms with E-state index in [0.29, 0.717) is 28.2 Å². The van der Waals surface area contributed by atoms with E-state index in [1.165, 1.54) is 0 Å². The molecular weight excluding hydrogens is 486 g/mol. The zero-order chi connectivity index (χ0) is 27.4. The first-order valence-corrected chi connectivity index (χ1v) is 12.1. The van der Waals surface area contributed by atoms with Crippen LogP contribution in [0.4, 0.5) is 10.5 Å². The van der Waals surface area contributed by atoms with Gasteiger partial charge in [0.2, 0.25) is 0 Å². The number of fused-ring (bicyclic) bond motifs is 1. The van der Waals surface area contributed by atoms with Gasteiger partial charge in [0.1, 0.15) is 5.60 Å². The van der Waals surface area contributed by atoms with Crippen LogP contribution in [0.2, 0.25) is 0 Å². The van der Waals surface area contributed by atoms with Crippen molar-refractivity contribution in [3.63, 3.8) is 0 Å². The number of hydrogen-bond acceptors (Lipinski definition) is 6.